The third kappa shape index (κ3) is 5.67. The van der Waals surface area contributed by atoms with E-state index in [2.05, 4.69) is 40.6 Å². The molecule has 31 heavy (non-hydrogen) atoms. The molecule has 1 saturated heterocycles. The van der Waals surface area contributed by atoms with E-state index < -0.39 is 0 Å². The molecule has 0 atom stereocenters. The number of nitrogens with one attached hydrogen (secondary N) is 2. The quantitative estimate of drug-likeness (QED) is 0.447. The fraction of sp³-hybridized carbons (Fsp3) is 0.273. The molecule has 9 heteroatoms. The number of aromatic nitrogens is 3. The molecule has 1 aromatic heterocycles. The van der Waals surface area contributed by atoms with Crippen molar-refractivity contribution in [2.45, 2.75) is 0 Å². The molecule has 0 unspecified atom stereocenters. The molecule has 2 heterocycles. The molecule has 160 valence electrons. The SMILES string of the molecule is CN(C)c1ccc(/C=N/Nc2nc(Nc3ccccc3)nc(N3CCOCC3)n2)cc1. The number of hydrazone groups is 1. The van der Waals surface area contributed by atoms with E-state index >= 15 is 0 Å². The minimum absolute atomic E-state index is 0.371. The van der Waals surface area contributed by atoms with Gasteiger partial charge in [0.2, 0.25) is 17.8 Å². The Morgan fingerprint density at radius 2 is 1.65 bits per heavy atom. The van der Waals surface area contributed by atoms with E-state index in [0.29, 0.717) is 31.1 Å². The summed E-state index contributed by atoms with van der Waals surface area (Å²) in [5.74, 6) is 1.41. The van der Waals surface area contributed by atoms with Crippen molar-refractivity contribution in [2.24, 2.45) is 5.10 Å². The van der Waals surface area contributed by atoms with Crippen molar-refractivity contribution < 1.29 is 4.74 Å². The molecule has 9 nitrogen and oxygen atoms in total. The summed E-state index contributed by atoms with van der Waals surface area (Å²) in [6.07, 6.45) is 1.74. The van der Waals surface area contributed by atoms with Crippen LogP contribution >= 0.6 is 0 Å². The first-order valence-corrected chi connectivity index (χ1v) is 10.1. The zero-order chi connectivity index (χ0) is 21.5. The molecule has 0 amide bonds. The van der Waals surface area contributed by atoms with E-state index in [9.17, 15) is 0 Å². The second-order valence-electron chi connectivity index (χ2n) is 7.23. The second kappa shape index (κ2) is 9.86. The van der Waals surface area contributed by atoms with Gasteiger partial charge in [0.15, 0.2) is 0 Å². The van der Waals surface area contributed by atoms with Crippen LogP contribution in [0.15, 0.2) is 59.7 Å². The number of morpholine rings is 1. The maximum Gasteiger partial charge on any atom is 0.250 e. The lowest BCUT2D eigenvalue weighted by Crippen LogP contribution is -2.37. The van der Waals surface area contributed by atoms with Crippen LogP contribution in [0.3, 0.4) is 0 Å². The summed E-state index contributed by atoms with van der Waals surface area (Å²) < 4.78 is 5.44. The second-order valence-corrected chi connectivity index (χ2v) is 7.23. The number of para-hydroxylation sites is 1. The Labute approximate surface area is 181 Å². The molecular formula is C22H26N8O. The summed E-state index contributed by atoms with van der Waals surface area (Å²) in [6.45, 7) is 2.76. The Kier molecular flexibility index (Phi) is 6.53. The Balaban J connectivity index is 1.52. The highest BCUT2D eigenvalue weighted by Crippen LogP contribution is 2.18. The van der Waals surface area contributed by atoms with Crippen molar-refractivity contribution in [3.63, 3.8) is 0 Å². The molecule has 2 N–H and O–H groups in total. The summed E-state index contributed by atoms with van der Waals surface area (Å²) in [7, 11) is 4.02. The molecule has 4 rings (SSSR count). The van der Waals surface area contributed by atoms with Crippen LogP contribution in [0.5, 0.6) is 0 Å². The first-order chi connectivity index (χ1) is 15.2. The first kappa shape index (κ1) is 20.5. The molecule has 3 aromatic rings. The largest absolute Gasteiger partial charge is 0.378 e. The van der Waals surface area contributed by atoms with Crippen molar-refractivity contribution in [3.05, 3.63) is 60.2 Å². The molecule has 0 radical (unpaired) electrons. The normalized spacial score (nSPS) is 13.9. The van der Waals surface area contributed by atoms with Crippen LogP contribution in [0.2, 0.25) is 0 Å². The van der Waals surface area contributed by atoms with Crippen LogP contribution in [0.25, 0.3) is 0 Å². The predicted molar refractivity (Wildman–Crippen MR) is 125 cm³/mol. The fourth-order valence-electron chi connectivity index (χ4n) is 3.05. The van der Waals surface area contributed by atoms with Gasteiger partial charge in [0.05, 0.1) is 19.4 Å². The monoisotopic (exact) mass is 418 g/mol. The Morgan fingerprint density at radius 3 is 2.35 bits per heavy atom. The van der Waals surface area contributed by atoms with Gasteiger partial charge in [-0.3, -0.25) is 0 Å². The summed E-state index contributed by atoms with van der Waals surface area (Å²) in [5, 5.41) is 7.54. The van der Waals surface area contributed by atoms with Crippen LogP contribution in [0.4, 0.5) is 29.2 Å². The highest BCUT2D eigenvalue weighted by atomic mass is 16.5. The maximum atomic E-state index is 5.44. The van der Waals surface area contributed by atoms with E-state index in [1.807, 2.05) is 68.7 Å². The van der Waals surface area contributed by atoms with Gasteiger partial charge in [-0.2, -0.15) is 20.1 Å². The third-order valence-corrected chi connectivity index (χ3v) is 4.74. The zero-order valence-corrected chi connectivity index (χ0v) is 17.7. The van der Waals surface area contributed by atoms with Crippen LogP contribution in [0.1, 0.15) is 5.56 Å². The van der Waals surface area contributed by atoms with E-state index in [1.54, 1.807) is 6.21 Å². The number of ether oxygens (including phenoxy) is 1. The highest BCUT2D eigenvalue weighted by molar-refractivity contribution is 5.80. The van der Waals surface area contributed by atoms with Crippen molar-refractivity contribution in [1.29, 1.82) is 0 Å². The lowest BCUT2D eigenvalue weighted by molar-refractivity contribution is 0.122. The molecule has 1 aliphatic rings. The van der Waals surface area contributed by atoms with Crippen LogP contribution < -0.4 is 20.5 Å². The summed E-state index contributed by atoms with van der Waals surface area (Å²) in [4.78, 5) is 17.7. The number of benzene rings is 2. The number of hydrogen-bond donors (Lipinski definition) is 2. The number of rotatable bonds is 7. The van der Waals surface area contributed by atoms with Crippen molar-refractivity contribution in [2.75, 3.05) is 60.9 Å². The topological polar surface area (TPSA) is 90.8 Å². The Hall–Kier alpha value is -3.72. The smallest absolute Gasteiger partial charge is 0.250 e. The molecule has 1 fully saturated rings. The highest BCUT2D eigenvalue weighted by Gasteiger charge is 2.16. The van der Waals surface area contributed by atoms with Crippen LogP contribution in [-0.4, -0.2) is 61.6 Å². The Bertz CT molecular complexity index is 1000. The fourth-order valence-corrected chi connectivity index (χ4v) is 3.05. The molecular weight excluding hydrogens is 392 g/mol. The van der Waals surface area contributed by atoms with E-state index in [1.165, 1.54) is 0 Å². The molecule has 2 aromatic carbocycles. The lowest BCUT2D eigenvalue weighted by atomic mass is 10.2. The molecule has 0 bridgehead atoms. The van der Waals surface area contributed by atoms with E-state index in [4.69, 9.17) is 4.74 Å². The van der Waals surface area contributed by atoms with Crippen LogP contribution in [-0.2, 0) is 4.74 Å². The minimum atomic E-state index is 0.371. The molecule has 0 spiro atoms. The van der Waals surface area contributed by atoms with Gasteiger partial charge < -0.3 is 19.9 Å². The van der Waals surface area contributed by atoms with Gasteiger partial charge in [0.25, 0.3) is 0 Å². The summed E-state index contributed by atoms with van der Waals surface area (Å²) in [6, 6.07) is 17.9. The summed E-state index contributed by atoms with van der Waals surface area (Å²) >= 11 is 0. The van der Waals surface area contributed by atoms with Gasteiger partial charge in [0, 0.05) is 38.6 Å². The molecule has 0 saturated carbocycles. The van der Waals surface area contributed by atoms with Crippen molar-refractivity contribution in [3.8, 4) is 0 Å². The number of hydrogen-bond acceptors (Lipinski definition) is 9. The number of nitrogens with zero attached hydrogens (tertiary/aromatic N) is 6. The average Bonchev–Trinajstić information content (AvgIpc) is 2.80. The third-order valence-electron chi connectivity index (χ3n) is 4.74. The average molecular weight is 419 g/mol. The van der Waals surface area contributed by atoms with Gasteiger partial charge in [-0.05, 0) is 29.8 Å². The molecule has 1 aliphatic heterocycles. The standard InChI is InChI=1S/C22H26N8O/c1-29(2)19-10-8-17(9-11-19)16-23-28-21-25-20(24-18-6-4-3-5-7-18)26-22(27-21)30-12-14-31-15-13-30/h3-11,16H,12-15H2,1-2H3,(H2,24,25,26,27,28)/b23-16+. The van der Waals surface area contributed by atoms with E-state index in [0.717, 1.165) is 30.0 Å². The molecule has 0 aliphatic carbocycles. The van der Waals surface area contributed by atoms with Crippen molar-refractivity contribution in [1.82, 2.24) is 15.0 Å². The minimum Gasteiger partial charge on any atom is -0.378 e. The first-order valence-electron chi connectivity index (χ1n) is 10.1. The zero-order valence-electron chi connectivity index (χ0n) is 17.7. The lowest BCUT2D eigenvalue weighted by Gasteiger charge is -2.27. The predicted octanol–water partition coefficient (Wildman–Crippen LogP) is 2.96. The maximum absolute atomic E-state index is 5.44. The summed E-state index contributed by atoms with van der Waals surface area (Å²) in [5.41, 5.74) is 5.94. The number of anilines is 5. The van der Waals surface area contributed by atoms with Gasteiger partial charge in [-0.1, -0.05) is 30.3 Å². The van der Waals surface area contributed by atoms with Gasteiger partial charge in [0.1, 0.15) is 0 Å². The van der Waals surface area contributed by atoms with Gasteiger partial charge >= 0.3 is 0 Å². The van der Waals surface area contributed by atoms with Crippen LogP contribution in [0, 0.1) is 0 Å². The van der Waals surface area contributed by atoms with E-state index in [-0.39, 0.29) is 0 Å². The van der Waals surface area contributed by atoms with Crippen molar-refractivity contribution >= 4 is 35.4 Å². The Morgan fingerprint density at radius 1 is 0.935 bits per heavy atom. The van der Waals surface area contributed by atoms with Gasteiger partial charge in [-0.15, -0.1) is 0 Å². The van der Waals surface area contributed by atoms with Gasteiger partial charge in [-0.25, -0.2) is 5.43 Å².